The van der Waals surface area contributed by atoms with E-state index in [0.717, 1.165) is 37.3 Å². The number of carbonyl (C=O) groups excluding carboxylic acids is 1. The van der Waals surface area contributed by atoms with Gasteiger partial charge in [-0.3, -0.25) is 14.4 Å². The van der Waals surface area contributed by atoms with Crippen molar-refractivity contribution in [1.29, 1.82) is 0 Å². The first kappa shape index (κ1) is 15.5. The van der Waals surface area contributed by atoms with Gasteiger partial charge < -0.3 is 4.90 Å². The summed E-state index contributed by atoms with van der Waals surface area (Å²) >= 11 is 6.22. The highest BCUT2D eigenvalue weighted by atomic mass is 35.5. The molecule has 0 saturated carbocycles. The smallest absolute Gasteiger partial charge is 0.155 e. The van der Waals surface area contributed by atoms with Gasteiger partial charge in [-0.15, -0.1) is 0 Å². The Kier molecular flexibility index (Phi) is 4.83. The van der Waals surface area contributed by atoms with E-state index in [0.29, 0.717) is 11.6 Å². The highest BCUT2D eigenvalue weighted by molar-refractivity contribution is 6.30. The lowest BCUT2D eigenvalue weighted by Crippen LogP contribution is -2.44. The van der Waals surface area contributed by atoms with Gasteiger partial charge in [0.25, 0.3) is 0 Å². The number of Topliss-reactive ketones (excluding diaryl/α,β-unsaturated/α-hetero) is 1. The molecule has 2 rings (SSSR count). The Morgan fingerprint density at radius 1 is 1.35 bits per heavy atom. The Bertz CT molecular complexity index is 500. The maximum atomic E-state index is 12.6. The van der Waals surface area contributed by atoms with Gasteiger partial charge in [0.2, 0.25) is 0 Å². The van der Waals surface area contributed by atoms with Crippen LogP contribution in [0.3, 0.4) is 0 Å². The zero-order chi connectivity index (χ0) is 14.9. The average molecular weight is 299 g/mol. The molecule has 1 aliphatic rings. The van der Waals surface area contributed by atoms with Crippen LogP contribution in [0.15, 0.2) is 0 Å². The third-order valence-corrected chi connectivity index (χ3v) is 4.53. The van der Waals surface area contributed by atoms with Crippen LogP contribution in [0.2, 0.25) is 5.15 Å². The SMILES string of the molecule is Cc1nn(C)c(Cl)c1CC(=O)C1CN(C)CCCN1C. The molecule has 1 aliphatic heterocycles. The Morgan fingerprint density at radius 3 is 2.65 bits per heavy atom. The highest BCUT2D eigenvalue weighted by Crippen LogP contribution is 2.21. The van der Waals surface area contributed by atoms with Gasteiger partial charge in [0.1, 0.15) is 5.15 Å². The molecule has 1 aromatic rings. The molecule has 0 radical (unpaired) electrons. The molecule has 0 bridgehead atoms. The van der Waals surface area contributed by atoms with Crippen LogP contribution in [-0.2, 0) is 18.3 Å². The van der Waals surface area contributed by atoms with E-state index in [1.54, 1.807) is 11.7 Å². The van der Waals surface area contributed by atoms with E-state index in [9.17, 15) is 4.79 Å². The van der Waals surface area contributed by atoms with Gasteiger partial charge in [0.15, 0.2) is 5.78 Å². The Balaban J connectivity index is 2.14. The molecule has 0 N–H and O–H groups in total. The molecule has 112 valence electrons. The van der Waals surface area contributed by atoms with Crippen LogP contribution in [0.4, 0.5) is 0 Å². The number of aryl methyl sites for hydroxylation is 2. The van der Waals surface area contributed by atoms with E-state index >= 15 is 0 Å². The first-order chi connectivity index (χ1) is 9.40. The Hall–Kier alpha value is -0.910. The van der Waals surface area contributed by atoms with Gasteiger partial charge in [0, 0.05) is 25.6 Å². The lowest BCUT2D eigenvalue weighted by atomic mass is 10.0. The summed E-state index contributed by atoms with van der Waals surface area (Å²) in [5.74, 6) is 0.222. The largest absolute Gasteiger partial charge is 0.304 e. The second-order valence-corrected chi connectivity index (χ2v) is 6.09. The summed E-state index contributed by atoms with van der Waals surface area (Å²) in [5.41, 5.74) is 1.70. The zero-order valence-corrected chi connectivity index (χ0v) is 13.4. The molecule has 0 aromatic carbocycles. The van der Waals surface area contributed by atoms with Crippen molar-refractivity contribution < 1.29 is 4.79 Å². The van der Waals surface area contributed by atoms with Crippen molar-refractivity contribution in [1.82, 2.24) is 19.6 Å². The first-order valence-corrected chi connectivity index (χ1v) is 7.37. The van der Waals surface area contributed by atoms with Crippen LogP contribution in [0, 0.1) is 6.92 Å². The van der Waals surface area contributed by atoms with Crippen molar-refractivity contribution >= 4 is 17.4 Å². The second kappa shape index (κ2) is 6.24. The standard InChI is InChI=1S/C14H23ClN4O/c1-10-11(14(15)19(4)16-10)8-13(20)12-9-17(2)6-5-7-18(12)3/h12H,5-9H2,1-4H3. The van der Waals surface area contributed by atoms with Gasteiger partial charge in [0.05, 0.1) is 11.7 Å². The van der Waals surface area contributed by atoms with Gasteiger partial charge in [-0.2, -0.15) is 5.10 Å². The van der Waals surface area contributed by atoms with Crippen LogP contribution in [0.5, 0.6) is 0 Å². The Morgan fingerprint density at radius 2 is 2.05 bits per heavy atom. The summed E-state index contributed by atoms with van der Waals surface area (Å²) in [5, 5.41) is 4.84. The van der Waals surface area contributed by atoms with Crippen LogP contribution in [0.1, 0.15) is 17.7 Å². The molecule has 2 heterocycles. The minimum Gasteiger partial charge on any atom is -0.304 e. The normalized spacial score (nSPS) is 21.9. The number of carbonyl (C=O) groups is 1. The first-order valence-electron chi connectivity index (χ1n) is 6.99. The molecule has 6 heteroatoms. The van der Waals surface area contributed by atoms with Crippen molar-refractivity contribution in [3.05, 3.63) is 16.4 Å². The van der Waals surface area contributed by atoms with Crippen LogP contribution in [0.25, 0.3) is 0 Å². The van der Waals surface area contributed by atoms with Gasteiger partial charge in [-0.25, -0.2) is 0 Å². The molecule has 1 atom stereocenters. The van der Waals surface area contributed by atoms with E-state index in [4.69, 9.17) is 11.6 Å². The van der Waals surface area contributed by atoms with Crippen molar-refractivity contribution in [2.45, 2.75) is 25.8 Å². The average Bonchev–Trinajstić information content (AvgIpc) is 2.54. The van der Waals surface area contributed by atoms with Gasteiger partial charge in [-0.05, 0) is 40.5 Å². The summed E-state index contributed by atoms with van der Waals surface area (Å²) in [6, 6.07) is -0.0572. The summed E-state index contributed by atoms with van der Waals surface area (Å²) in [4.78, 5) is 17.0. The molecule has 0 aliphatic carbocycles. The van der Waals surface area contributed by atoms with Crippen LogP contribution in [-0.4, -0.2) is 65.1 Å². The van der Waals surface area contributed by atoms with Crippen molar-refractivity contribution in [2.75, 3.05) is 33.7 Å². The lowest BCUT2D eigenvalue weighted by molar-refractivity contribution is -0.123. The highest BCUT2D eigenvalue weighted by Gasteiger charge is 2.28. The molecule has 1 aromatic heterocycles. The number of likely N-dealkylation sites (N-methyl/N-ethyl adjacent to an activating group) is 2. The van der Waals surface area contributed by atoms with Crippen LogP contribution < -0.4 is 0 Å². The van der Waals surface area contributed by atoms with E-state index in [2.05, 4.69) is 21.9 Å². The number of halogens is 1. The summed E-state index contributed by atoms with van der Waals surface area (Å²) < 4.78 is 1.63. The third kappa shape index (κ3) is 3.22. The summed E-state index contributed by atoms with van der Waals surface area (Å²) in [6.45, 7) is 4.69. The fourth-order valence-electron chi connectivity index (χ4n) is 2.79. The van der Waals surface area contributed by atoms with E-state index < -0.39 is 0 Å². The number of ketones is 1. The predicted molar refractivity (Wildman–Crippen MR) is 80.2 cm³/mol. The molecule has 20 heavy (non-hydrogen) atoms. The molecular formula is C14H23ClN4O. The van der Waals surface area contributed by atoms with E-state index in [-0.39, 0.29) is 11.8 Å². The fourth-order valence-corrected chi connectivity index (χ4v) is 3.03. The summed E-state index contributed by atoms with van der Waals surface area (Å²) in [7, 11) is 5.90. The fraction of sp³-hybridized carbons (Fsp3) is 0.714. The zero-order valence-electron chi connectivity index (χ0n) is 12.7. The minimum atomic E-state index is -0.0572. The second-order valence-electron chi connectivity index (χ2n) is 5.73. The number of aromatic nitrogens is 2. The Labute approximate surface area is 125 Å². The van der Waals surface area contributed by atoms with Crippen LogP contribution >= 0.6 is 11.6 Å². The van der Waals surface area contributed by atoms with Gasteiger partial charge >= 0.3 is 0 Å². The van der Waals surface area contributed by atoms with E-state index in [1.165, 1.54) is 0 Å². The molecule has 0 amide bonds. The number of hydrogen-bond acceptors (Lipinski definition) is 4. The monoisotopic (exact) mass is 298 g/mol. The number of nitrogens with zero attached hydrogens (tertiary/aromatic N) is 4. The van der Waals surface area contributed by atoms with Crippen molar-refractivity contribution in [2.24, 2.45) is 7.05 Å². The van der Waals surface area contributed by atoms with Crippen molar-refractivity contribution in [3.63, 3.8) is 0 Å². The quantitative estimate of drug-likeness (QED) is 0.839. The predicted octanol–water partition coefficient (Wildman–Crippen LogP) is 1.13. The van der Waals surface area contributed by atoms with Crippen molar-refractivity contribution in [3.8, 4) is 0 Å². The molecule has 1 fully saturated rings. The topological polar surface area (TPSA) is 41.4 Å². The maximum absolute atomic E-state index is 12.6. The number of hydrogen-bond donors (Lipinski definition) is 0. The lowest BCUT2D eigenvalue weighted by Gasteiger charge is -2.26. The molecular weight excluding hydrogens is 276 g/mol. The van der Waals surface area contributed by atoms with Gasteiger partial charge in [-0.1, -0.05) is 11.6 Å². The summed E-state index contributed by atoms with van der Waals surface area (Å²) in [6.07, 6.45) is 1.46. The maximum Gasteiger partial charge on any atom is 0.155 e. The molecule has 1 saturated heterocycles. The molecule has 1 unspecified atom stereocenters. The minimum absolute atomic E-state index is 0.0572. The molecule has 5 nitrogen and oxygen atoms in total. The third-order valence-electron chi connectivity index (χ3n) is 4.06. The molecule has 0 spiro atoms. The van der Waals surface area contributed by atoms with E-state index in [1.807, 2.05) is 14.0 Å². The number of rotatable bonds is 3.